The molecular formula is C42H63N2O3+. The SMILES string of the molecule is CCCCCCCCCCCCCCOc1ccc(CN(Cc2cccc[n+]2CCC)C(=O)c2ccccc2OC)cc1C(C)(C)C. The van der Waals surface area contributed by atoms with Gasteiger partial charge in [0.2, 0.25) is 5.69 Å². The van der Waals surface area contributed by atoms with Crippen molar-refractivity contribution in [2.45, 2.75) is 143 Å². The van der Waals surface area contributed by atoms with Gasteiger partial charge in [0, 0.05) is 25.1 Å². The molecule has 0 spiro atoms. The summed E-state index contributed by atoms with van der Waals surface area (Å²) in [7, 11) is 1.62. The summed E-state index contributed by atoms with van der Waals surface area (Å²) < 4.78 is 14.2. The molecule has 0 aliphatic rings. The van der Waals surface area contributed by atoms with Crippen LogP contribution in [0.1, 0.15) is 145 Å². The average Bonchev–Trinajstić information content (AvgIpc) is 3.07. The zero-order chi connectivity index (χ0) is 33.9. The molecule has 0 aliphatic heterocycles. The standard InChI is InChI=1S/C42H63N2O3/c1-7-9-10-11-12-13-14-15-16-17-18-23-31-47-40-28-27-35(32-38(40)42(3,4)5)33-44(34-36-24-21-22-30-43(36)29-8-2)41(45)37-25-19-20-26-39(37)46-6/h19-22,24-28,30,32H,7-18,23,29,31,33-34H2,1-6H3/q+1. The summed E-state index contributed by atoms with van der Waals surface area (Å²) in [6.07, 6.45) is 19.1. The maximum atomic E-state index is 14.1. The fraction of sp³-hybridized carbons (Fsp3) is 0.571. The zero-order valence-electron chi connectivity index (χ0n) is 30.5. The number of aryl methyl sites for hydroxylation is 1. The van der Waals surface area contributed by atoms with E-state index in [1.54, 1.807) is 7.11 Å². The molecule has 0 fully saturated rings. The van der Waals surface area contributed by atoms with Crippen molar-refractivity contribution < 1.29 is 18.8 Å². The van der Waals surface area contributed by atoms with Crippen LogP contribution in [0.4, 0.5) is 0 Å². The lowest BCUT2D eigenvalue weighted by Gasteiger charge is -2.26. The average molecular weight is 644 g/mol. The first-order valence-corrected chi connectivity index (χ1v) is 18.4. The maximum Gasteiger partial charge on any atom is 0.258 e. The van der Waals surface area contributed by atoms with E-state index < -0.39 is 0 Å². The second kappa shape index (κ2) is 20.8. The number of pyridine rings is 1. The highest BCUT2D eigenvalue weighted by Crippen LogP contribution is 2.33. The highest BCUT2D eigenvalue weighted by molar-refractivity contribution is 5.96. The molecule has 3 aromatic rings. The van der Waals surface area contributed by atoms with Gasteiger partial charge in [-0.1, -0.05) is 130 Å². The second-order valence-corrected chi connectivity index (χ2v) is 14.1. The molecule has 0 atom stereocenters. The third-order valence-electron chi connectivity index (χ3n) is 8.96. The van der Waals surface area contributed by atoms with Gasteiger partial charge in [-0.3, -0.25) is 4.79 Å². The van der Waals surface area contributed by atoms with E-state index in [-0.39, 0.29) is 11.3 Å². The minimum atomic E-state index is -0.0943. The molecular weight excluding hydrogens is 580 g/mol. The van der Waals surface area contributed by atoms with Gasteiger partial charge in [0.05, 0.1) is 19.3 Å². The Morgan fingerprint density at radius 3 is 2.00 bits per heavy atom. The number of ether oxygens (including phenoxy) is 2. The molecule has 0 saturated heterocycles. The van der Waals surface area contributed by atoms with Crippen LogP contribution >= 0.6 is 0 Å². The molecule has 5 nitrogen and oxygen atoms in total. The van der Waals surface area contributed by atoms with E-state index in [0.29, 0.717) is 24.4 Å². The van der Waals surface area contributed by atoms with Crippen molar-refractivity contribution >= 4 is 5.91 Å². The van der Waals surface area contributed by atoms with E-state index in [1.807, 2.05) is 35.2 Å². The third kappa shape index (κ3) is 13.0. The van der Waals surface area contributed by atoms with Gasteiger partial charge < -0.3 is 14.4 Å². The summed E-state index contributed by atoms with van der Waals surface area (Å²) in [5.74, 6) is 1.50. The van der Waals surface area contributed by atoms with Gasteiger partial charge in [0.15, 0.2) is 6.20 Å². The predicted octanol–water partition coefficient (Wildman–Crippen LogP) is 10.6. The smallest absolute Gasteiger partial charge is 0.258 e. The molecule has 0 saturated carbocycles. The summed E-state index contributed by atoms with van der Waals surface area (Å²) in [5.41, 5.74) is 3.86. The number of carbonyl (C=O) groups is 1. The molecule has 0 unspecified atom stereocenters. The molecule has 0 radical (unpaired) electrons. The van der Waals surface area contributed by atoms with E-state index in [9.17, 15) is 4.79 Å². The lowest BCUT2D eigenvalue weighted by atomic mass is 9.85. The molecule has 1 amide bonds. The van der Waals surface area contributed by atoms with Crippen molar-refractivity contribution in [3.05, 3.63) is 89.2 Å². The quantitative estimate of drug-likeness (QED) is 0.0808. The number of carbonyl (C=O) groups excluding carboxylic acids is 1. The number of amides is 1. The first-order chi connectivity index (χ1) is 22.8. The molecule has 47 heavy (non-hydrogen) atoms. The van der Waals surface area contributed by atoms with Gasteiger partial charge in [-0.05, 0) is 47.2 Å². The molecule has 3 rings (SSSR count). The minimum absolute atomic E-state index is 0.0426. The highest BCUT2D eigenvalue weighted by Gasteiger charge is 2.25. The fourth-order valence-electron chi connectivity index (χ4n) is 6.23. The van der Waals surface area contributed by atoms with E-state index >= 15 is 0 Å². The fourth-order valence-corrected chi connectivity index (χ4v) is 6.23. The molecule has 1 heterocycles. The number of para-hydroxylation sites is 1. The molecule has 0 N–H and O–H groups in total. The van der Waals surface area contributed by atoms with Gasteiger partial charge in [-0.2, -0.15) is 0 Å². The Morgan fingerprint density at radius 1 is 0.723 bits per heavy atom. The molecule has 0 aliphatic carbocycles. The summed E-state index contributed by atoms with van der Waals surface area (Å²) in [6, 6.07) is 20.2. The highest BCUT2D eigenvalue weighted by atomic mass is 16.5. The molecule has 0 bridgehead atoms. The number of methoxy groups -OCH3 is 1. The zero-order valence-corrected chi connectivity index (χ0v) is 30.5. The second-order valence-electron chi connectivity index (χ2n) is 14.1. The molecule has 2 aromatic carbocycles. The Balaban J connectivity index is 1.65. The van der Waals surface area contributed by atoms with Gasteiger partial charge >= 0.3 is 0 Å². The third-order valence-corrected chi connectivity index (χ3v) is 8.96. The summed E-state index contributed by atoms with van der Waals surface area (Å²) in [4.78, 5) is 16.1. The van der Waals surface area contributed by atoms with Crippen molar-refractivity contribution in [1.29, 1.82) is 0 Å². The number of aromatic nitrogens is 1. The van der Waals surface area contributed by atoms with Crippen LogP contribution in [0.2, 0.25) is 0 Å². The molecule has 1 aromatic heterocycles. The lowest BCUT2D eigenvalue weighted by molar-refractivity contribution is -0.705. The number of rotatable bonds is 22. The number of nitrogens with zero attached hydrogens (tertiary/aromatic N) is 2. The van der Waals surface area contributed by atoms with Gasteiger partial charge in [-0.15, -0.1) is 0 Å². The monoisotopic (exact) mass is 643 g/mol. The van der Waals surface area contributed by atoms with Gasteiger partial charge in [-0.25, -0.2) is 4.57 Å². The van der Waals surface area contributed by atoms with Crippen LogP contribution in [0.15, 0.2) is 66.9 Å². The van der Waals surface area contributed by atoms with Crippen LogP contribution in [0.3, 0.4) is 0 Å². The van der Waals surface area contributed by atoms with Crippen molar-refractivity contribution in [3.63, 3.8) is 0 Å². The Kier molecular flexibility index (Phi) is 16.9. The first kappa shape index (κ1) is 38.1. The summed E-state index contributed by atoms with van der Waals surface area (Å²) in [6.45, 7) is 13.8. The number of hydrogen-bond acceptors (Lipinski definition) is 3. The number of benzene rings is 2. The Labute approximate surface area is 286 Å². The van der Waals surface area contributed by atoms with Crippen molar-refractivity contribution in [2.75, 3.05) is 13.7 Å². The minimum Gasteiger partial charge on any atom is -0.496 e. The van der Waals surface area contributed by atoms with E-state index in [4.69, 9.17) is 9.47 Å². The maximum absolute atomic E-state index is 14.1. The van der Waals surface area contributed by atoms with Gasteiger partial charge in [0.1, 0.15) is 24.6 Å². The van der Waals surface area contributed by atoms with E-state index in [1.165, 1.54) is 76.2 Å². The van der Waals surface area contributed by atoms with Crippen LogP contribution in [-0.4, -0.2) is 24.5 Å². The van der Waals surface area contributed by atoms with Crippen molar-refractivity contribution in [1.82, 2.24) is 4.90 Å². The van der Waals surface area contributed by atoms with Crippen molar-refractivity contribution in [2.24, 2.45) is 0 Å². The molecule has 5 heteroatoms. The topological polar surface area (TPSA) is 42.7 Å². The van der Waals surface area contributed by atoms with Crippen LogP contribution < -0.4 is 14.0 Å². The Bertz CT molecular complexity index is 1330. The van der Waals surface area contributed by atoms with Crippen LogP contribution in [0, 0.1) is 0 Å². The van der Waals surface area contributed by atoms with E-state index in [0.717, 1.165) is 43.0 Å². The summed E-state index contributed by atoms with van der Waals surface area (Å²) >= 11 is 0. The van der Waals surface area contributed by atoms with Crippen LogP contribution in [-0.2, 0) is 25.0 Å². The Morgan fingerprint density at radius 2 is 1.36 bits per heavy atom. The normalized spacial score (nSPS) is 11.4. The summed E-state index contributed by atoms with van der Waals surface area (Å²) in [5, 5.41) is 0. The first-order valence-electron chi connectivity index (χ1n) is 18.4. The lowest BCUT2D eigenvalue weighted by Crippen LogP contribution is -2.42. The number of unbranched alkanes of at least 4 members (excludes halogenated alkanes) is 11. The van der Waals surface area contributed by atoms with Crippen LogP contribution in [0.5, 0.6) is 11.5 Å². The van der Waals surface area contributed by atoms with Crippen LogP contribution in [0.25, 0.3) is 0 Å². The van der Waals surface area contributed by atoms with Crippen molar-refractivity contribution in [3.8, 4) is 11.5 Å². The predicted molar refractivity (Wildman–Crippen MR) is 195 cm³/mol. The van der Waals surface area contributed by atoms with Gasteiger partial charge in [0.25, 0.3) is 5.91 Å². The number of hydrogen-bond donors (Lipinski definition) is 0. The molecule has 258 valence electrons. The largest absolute Gasteiger partial charge is 0.496 e. The van der Waals surface area contributed by atoms with E-state index in [2.05, 4.69) is 75.7 Å². The Hall–Kier alpha value is -3.34.